The number of fused-ring (bicyclic) bond motifs is 4. The second kappa shape index (κ2) is 7.56. The summed E-state index contributed by atoms with van der Waals surface area (Å²) >= 11 is 0. The van der Waals surface area contributed by atoms with E-state index in [2.05, 4.69) is 10.2 Å². The average Bonchev–Trinajstić information content (AvgIpc) is 3.37. The van der Waals surface area contributed by atoms with E-state index in [1.54, 1.807) is 4.90 Å². The van der Waals surface area contributed by atoms with Gasteiger partial charge in [-0.3, -0.25) is 14.5 Å². The summed E-state index contributed by atoms with van der Waals surface area (Å²) in [5.74, 6) is -0.545. The summed E-state index contributed by atoms with van der Waals surface area (Å²) in [6.07, 6.45) is 5.07. The summed E-state index contributed by atoms with van der Waals surface area (Å²) < 4.78 is 25.8. The highest BCUT2D eigenvalue weighted by atomic mass is 32.2. The number of rotatable bonds is 1. The number of sulfonamides is 1. The zero-order chi connectivity index (χ0) is 21.8. The standard InChI is InChI=1S/C22H30N4O4S/c1-31(29,30)24-11-5-10-23-20(27)18-15-16-7-4-14-26(16)22(18)17-8-2-3-9-19(17)25(21(22)28)13-6-12-24/h2-3,8-9,16,18H,4-7,10-15H2,1H3,(H,23,27)/t16-,18+,22+/m0/s1. The van der Waals surface area contributed by atoms with Gasteiger partial charge in [-0.25, -0.2) is 12.7 Å². The van der Waals surface area contributed by atoms with Crippen LogP contribution in [-0.2, 0) is 25.2 Å². The van der Waals surface area contributed by atoms with Gasteiger partial charge in [-0.05, 0) is 44.7 Å². The van der Waals surface area contributed by atoms with Crippen LogP contribution in [0.3, 0.4) is 0 Å². The average molecular weight is 447 g/mol. The Morgan fingerprint density at radius 2 is 1.81 bits per heavy atom. The smallest absolute Gasteiger partial charge is 0.253 e. The third-order valence-electron chi connectivity index (χ3n) is 7.48. The van der Waals surface area contributed by atoms with E-state index in [0.29, 0.717) is 45.4 Å². The minimum absolute atomic E-state index is 0.0246. The summed E-state index contributed by atoms with van der Waals surface area (Å²) in [6, 6.07) is 8.09. The SMILES string of the molecule is CS(=O)(=O)N1CCCNC(=O)[C@H]2C[C@@H]3CCCN3[C@@]23C(=O)N(CCC1)c1ccccc13. The maximum Gasteiger partial charge on any atom is 0.253 e. The van der Waals surface area contributed by atoms with Gasteiger partial charge < -0.3 is 10.2 Å². The fraction of sp³-hybridized carbons (Fsp3) is 0.636. The molecule has 0 unspecified atom stereocenters. The lowest BCUT2D eigenvalue weighted by Crippen LogP contribution is -2.56. The number of anilines is 1. The number of benzene rings is 1. The number of para-hydroxylation sites is 1. The first-order valence-corrected chi connectivity index (χ1v) is 13.1. The molecule has 9 heteroatoms. The molecule has 1 aromatic carbocycles. The number of hydrogen-bond donors (Lipinski definition) is 1. The Bertz CT molecular complexity index is 1010. The summed E-state index contributed by atoms with van der Waals surface area (Å²) in [7, 11) is -3.34. The topological polar surface area (TPSA) is 90.0 Å². The van der Waals surface area contributed by atoms with Crippen molar-refractivity contribution >= 4 is 27.5 Å². The first-order valence-electron chi connectivity index (χ1n) is 11.3. The third kappa shape index (κ3) is 3.12. The Kier molecular flexibility index (Phi) is 5.10. The third-order valence-corrected chi connectivity index (χ3v) is 8.78. The number of amides is 2. The van der Waals surface area contributed by atoms with Crippen LogP contribution in [0.15, 0.2) is 24.3 Å². The molecule has 0 radical (unpaired) electrons. The van der Waals surface area contributed by atoms with E-state index in [1.165, 1.54) is 10.6 Å². The molecule has 1 spiro atoms. The molecule has 4 heterocycles. The highest BCUT2D eigenvalue weighted by Gasteiger charge is 2.66. The van der Waals surface area contributed by atoms with Crippen LogP contribution in [-0.4, -0.2) is 74.5 Å². The molecule has 3 saturated heterocycles. The Morgan fingerprint density at radius 3 is 2.61 bits per heavy atom. The summed E-state index contributed by atoms with van der Waals surface area (Å²) in [5, 5.41) is 3.02. The van der Waals surface area contributed by atoms with Gasteiger partial charge in [0, 0.05) is 43.5 Å². The minimum Gasteiger partial charge on any atom is -0.356 e. The van der Waals surface area contributed by atoms with E-state index in [0.717, 1.165) is 30.6 Å². The molecular weight excluding hydrogens is 416 g/mol. The van der Waals surface area contributed by atoms with Crippen LogP contribution < -0.4 is 10.2 Å². The van der Waals surface area contributed by atoms with E-state index in [-0.39, 0.29) is 17.9 Å². The van der Waals surface area contributed by atoms with Gasteiger partial charge in [0.25, 0.3) is 5.91 Å². The van der Waals surface area contributed by atoms with Crippen molar-refractivity contribution < 1.29 is 18.0 Å². The molecule has 4 aliphatic rings. The molecule has 4 aliphatic heterocycles. The normalized spacial score (nSPS) is 32.5. The molecule has 168 valence electrons. The molecule has 1 N–H and O–H groups in total. The number of hydrogen-bond acceptors (Lipinski definition) is 5. The zero-order valence-electron chi connectivity index (χ0n) is 17.9. The Morgan fingerprint density at radius 1 is 1.03 bits per heavy atom. The molecule has 0 aromatic heterocycles. The lowest BCUT2D eigenvalue weighted by atomic mass is 9.78. The zero-order valence-corrected chi connectivity index (χ0v) is 18.7. The summed E-state index contributed by atoms with van der Waals surface area (Å²) in [6.45, 7) is 2.40. The van der Waals surface area contributed by atoms with Crippen LogP contribution in [0.1, 0.15) is 37.7 Å². The van der Waals surface area contributed by atoms with Gasteiger partial charge in [0.15, 0.2) is 0 Å². The van der Waals surface area contributed by atoms with Crippen LogP contribution in [0.4, 0.5) is 5.69 Å². The van der Waals surface area contributed by atoms with Gasteiger partial charge in [0.1, 0.15) is 5.54 Å². The first-order chi connectivity index (χ1) is 14.8. The summed E-state index contributed by atoms with van der Waals surface area (Å²) in [4.78, 5) is 31.6. The first kappa shape index (κ1) is 20.9. The van der Waals surface area contributed by atoms with Crippen molar-refractivity contribution in [2.24, 2.45) is 5.92 Å². The van der Waals surface area contributed by atoms with Crippen LogP contribution >= 0.6 is 0 Å². The van der Waals surface area contributed by atoms with Gasteiger partial charge >= 0.3 is 0 Å². The Balaban J connectivity index is 1.59. The molecule has 2 bridgehead atoms. The van der Waals surface area contributed by atoms with Crippen molar-refractivity contribution in [2.75, 3.05) is 43.9 Å². The monoisotopic (exact) mass is 446 g/mol. The predicted molar refractivity (Wildman–Crippen MR) is 117 cm³/mol. The van der Waals surface area contributed by atoms with Crippen molar-refractivity contribution in [2.45, 2.75) is 43.7 Å². The highest BCUT2D eigenvalue weighted by Crippen LogP contribution is 2.57. The van der Waals surface area contributed by atoms with Crippen molar-refractivity contribution in [1.82, 2.24) is 14.5 Å². The van der Waals surface area contributed by atoms with Gasteiger partial charge in [-0.1, -0.05) is 18.2 Å². The van der Waals surface area contributed by atoms with Gasteiger partial charge in [0.2, 0.25) is 15.9 Å². The lowest BCUT2D eigenvalue weighted by Gasteiger charge is -2.37. The molecule has 31 heavy (non-hydrogen) atoms. The van der Waals surface area contributed by atoms with E-state index in [9.17, 15) is 18.0 Å². The number of nitrogens with one attached hydrogen (secondary N) is 1. The van der Waals surface area contributed by atoms with Gasteiger partial charge in [-0.15, -0.1) is 0 Å². The van der Waals surface area contributed by atoms with Crippen LogP contribution in [0.2, 0.25) is 0 Å². The maximum absolute atomic E-state index is 14.1. The molecule has 3 atom stereocenters. The van der Waals surface area contributed by atoms with E-state index in [4.69, 9.17) is 0 Å². The van der Waals surface area contributed by atoms with E-state index in [1.807, 2.05) is 24.3 Å². The van der Waals surface area contributed by atoms with E-state index < -0.39 is 21.5 Å². The molecule has 8 nitrogen and oxygen atoms in total. The number of nitrogens with zero attached hydrogens (tertiary/aromatic N) is 3. The maximum atomic E-state index is 14.1. The van der Waals surface area contributed by atoms with Gasteiger partial charge in [0.05, 0.1) is 12.2 Å². The summed E-state index contributed by atoms with van der Waals surface area (Å²) in [5.41, 5.74) is 0.856. The quantitative estimate of drug-likeness (QED) is 0.692. The number of carbonyl (C=O) groups is 2. The van der Waals surface area contributed by atoms with Gasteiger partial charge in [-0.2, -0.15) is 0 Å². The Hall–Kier alpha value is -1.97. The van der Waals surface area contributed by atoms with Crippen molar-refractivity contribution in [1.29, 1.82) is 0 Å². The second-order valence-corrected chi connectivity index (χ2v) is 11.2. The highest BCUT2D eigenvalue weighted by molar-refractivity contribution is 7.88. The molecule has 0 aliphatic carbocycles. The van der Waals surface area contributed by atoms with Crippen LogP contribution in [0.5, 0.6) is 0 Å². The van der Waals surface area contributed by atoms with E-state index >= 15 is 0 Å². The fourth-order valence-corrected chi connectivity index (χ4v) is 7.14. The number of carbonyl (C=O) groups excluding carboxylic acids is 2. The van der Waals surface area contributed by atoms with Crippen LogP contribution in [0.25, 0.3) is 0 Å². The molecular formula is C22H30N4O4S. The van der Waals surface area contributed by atoms with Crippen molar-refractivity contribution in [3.8, 4) is 0 Å². The molecule has 2 amide bonds. The molecule has 5 rings (SSSR count). The lowest BCUT2D eigenvalue weighted by molar-refractivity contribution is -0.138. The molecule has 3 fully saturated rings. The fourth-order valence-electron chi connectivity index (χ4n) is 6.22. The second-order valence-electron chi connectivity index (χ2n) is 9.18. The molecule has 1 aromatic rings. The Labute approximate surface area is 183 Å². The largest absolute Gasteiger partial charge is 0.356 e. The predicted octanol–water partition coefficient (Wildman–Crippen LogP) is 0.884. The van der Waals surface area contributed by atoms with Crippen molar-refractivity contribution in [3.63, 3.8) is 0 Å². The minimum atomic E-state index is -3.34. The van der Waals surface area contributed by atoms with Crippen LogP contribution in [0, 0.1) is 5.92 Å². The van der Waals surface area contributed by atoms with Crippen molar-refractivity contribution in [3.05, 3.63) is 29.8 Å². The molecule has 0 saturated carbocycles.